The summed E-state index contributed by atoms with van der Waals surface area (Å²) >= 11 is 0. The lowest BCUT2D eigenvalue weighted by Gasteiger charge is -2.09. The molecule has 0 aromatic heterocycles. The fourth-order valence-corrected chi connectivity index (χ4v) is 2.94. The average molecular weight is 481 g/mol. The molecule has 2 aromatic rings. The highest BCUT2D eigenvalue weighted by Gasteiger charge is 2.17. The number of nitrogens with one attached hydrogen (secondary N) is 2. The molecule has 0 atom stereocenters. The van der Waals surface area contributed by atoms with Gasteiger partial charge in [-0.15, -0.1) is 0 Å². The highest BCUT2D eigenvalue weighted by Crippen LogP contribution is 2.06. The van der Waals surface area contributed by atoms with Crippen LogP contribution >= 0.6 is 0 Å². The van der Waals surface area contributed by atoms with Crippen LogP contribution in [0.1, 0.15) is 44.2 Å². The van der Waals surface area contributed by atoms with E-state index in [0.717, 1.165) is 11.1 Å². The Kier molecular flexibility index (Phi) is 11.3. The van der Waals surface area contributed by atoms with Crippen LogP contribution in [0.25, 0.3) is 0 Å². The van der Waals surface area contributed by atoms with Gasteiger partial charge in [0.1, 0.15) is 6.42 Å². The summed E-state index contributed by atoms with van der Waals surface area (Å²) in [6.07, 6.45) is -1.05. The van der Waals surface area contributed by atoms with Crippen LogP contribution in [-0.2, 0) is 28.9 Å². The summed E-state index contributed by atoms with van der Waals surface area (Å²) in [5, 5.41) is 0. The zero-order chi connectivity index (χ0) is 25.5. The maximum Gasteiger partial charge on any atom is 0.343 e. The minimum absolute atomic E-state index is 0.116. The number of amides is 2. The van der Waals surface area contributed by atoms with Gasteiger partial charge in [-0.1, -0.05) is 60.7 Å². The van der Waals surface area contributed by atoms with Gasteiger partial charge in [-0.2, -0.15) is 11.0 Å². The molecule has 0 aliphatic heterocycles. The lowest BCUT2D eigenvalue weighted by atomic mass is 10.1. The first-order valence-electron chi connectivity index (χ1n) is 11.1. The fourth-order valence-electron chi connectivity index (χ4n) is 2.94. The molecule has 2 N–H and O–H groups in total. The van der Waals surface area contributed by atoms with Crippen molar-refractivity contribution in [1.82, 2.24) is 11.0 Å². The summed E-state index contributed by atoms with van der Waals surface area (Å²) in [7, 11) is 0. The SMILES string of the molecule is CC/N=C(/CC(=O)NOC(=O)CC(=O)ONC(=O)C/C(=N/CC)c1ccccc1)c1ccccc1. The molecule has 0 heterocycles. The lowest BCUT2D eigenvalue weighted by molar-refractivity contribution is -0.168. The molecule has 2 amide bonds. The van der Waals surface area contributed by atoms with Crippen LogP contribution in [0.15, 0.2) is 70.6 Å². The second kappa shape index (κ2) is 14.7. The predicted octanol–water partition coefficient (Wildman–Crippen LogP) is 2.32. The summed E-state index contributed by atoms with van der Waals surface area (Å²) in [6, 6.07) is 18.2. The Morgan fingerprint density at radius 2 is 1.00 bits per heavy atom. The van der Waals surface area contributed by atoms with Crippen molar-refractivity contribution in [1.29, 1.82) is 0 Å². The van der Waals surface area contributed by atoms with Gasteiger partial charge in [0.25, 0.3) is 11.8 Å². The molecule has 184 valence electrons. The quantitative estimate of drug-likeness (QED) is 0.304. The standard InChI is InChI=1S/C25H28N4O6/c1-3-26-20(18-11-7-5-8-12-18)15-22(30)28-34-24(32)17-25(33)35-29-23(31)16-21(27-4-2)19-13-9-6-10-14-19/h5-14H,3-4,15-17H2,1-2H3,(H,28,30)(H,29,31)/b26-20-,27-21-. The van der Waals surface area contributed by atoms with Gasteiger partial charge >= 0.3 is 11.9 Å². The first-order chi connectivity index (χ1) is 16.9. The Morgan fingerprint density at radius 3 is 1.34 bits per heavy atom. The molecule has 10 nitrogen and oxygen atoms in total. The molecule has 0 saturated heterocycles. The van der Waals surface area contributed by atoms with E-state index < -0.39 is 30.2 Å². The first kappa shape index (κ1) is 26.9. The van der Waals surface area contributed by atoms with Crippen LogP contribution in [0.2, 0.25) is 0 Å². The molecule has 2 aromatic carbocycles. The number of aliphatic imine (C=N–C) groups is 2. The van der Waals surface area contributed by atoms with Crippen molar-refractivity contribution in [2.75, 3.05) is 13.1 Å². The summed E-state index contributed by atoms with van der Waals surface area (Å²) in [5.41, 5.74) is 6.59. The van der Waals surface area contributed by atoms with E-state index in [4.69, 9.17) is 0 Å². The Balaban J connectivity index is 1.75. The largest absolute Gasteiger partial charge is 0.343 e. The zero-order valence-electron chi connectivity index (χ0n) is 19.7. The third kappa shape index (κ3) is 9.99. The monoisotopic (exact) mass is 480 g/mol. The number of nitrogens with zero attached hydrogens (tertiary/aromatic N) is 2. The number of carbonyl (C=O) groups is 4. The minimum atomic E-state index is -1.05. The highest BCUT2D eigenvalue weighted by atomic mass is 16.7. The van der Waals surface area contributed by atoms with Crippen LogP contribution in [0.5, 0.6) is 0 Å². The molecule has 0 aliphatic rings. The second-order valence-corrected chi connectivity index (χ2v) is 7.10. The Morgan fingerprint density at radius 1 is 0.629 bits per heavy atom. The smallest absolute Gasteiger partial charge is 0.340 e. The van der Waals surface area contributed by atoms with E-state index in [0.29, 0.717) is 24.5 Å². The number of hydrogen-bond acceptors (Lipinski definition) is 8. The van der Waals surface area contributed by atoms with Crippen LogP contribution in [0, 0.1) is 0 Å². The lowest BCUT2D eigenvalue weighted by Crippen LogP contribution is -2.32. The third-order valence-electron chi connectivity index (χ3n) is 4.41. The topological polar surface area (TPSA) is 136 Å². The van der Waals surface area contributed by atoms with E-state index in [2.05, 4.69) is 19.7 Å². The van der Waals surface area contributed by atoms with Gasteiger partial charge in [-0.25, -0.2) is 9.59 Å². The Labute approximate surface area is 203 Å². The van der Waals surface area contributed by atoms with Crippen LogP contribution < -0.4 is 11.0 Å². The maximum atomic E-state index is 12.1. The third-order valence-corrected chi connectivity index (χ3v) is 4.41. The van der Waals surface area contributed by atoms with Crippen molar-refractivity contribution in [3.05, 3.63) is 71.8 Å². The summed E-state index contributed by atoms with van der Waals surface area (Å²) < 4.78 is 0. The molecule has 0 radical (unpaired) electrons. The molecule has 0 spiro atoms. The Hall–Kier alpha value is -4.34. The minimum Gasteiger partial charge on any atom is -0.340 e. The second-order valence-electron chi connectivity index (χ2n) is 7.10. The summed E-state index contributed by atoms with van der Waals surface area (Å²) in [4.78, 5) is 65.8. The van der Waals surface area contributed by atoms with E-state index in [9.17, 15) is 19.2 Å². The average Bonchev–Trinajstić information content (AvgIpc) is 2.87. The van der Waals surface area contributed by atoms with E-state index in [1.165, 1.54) is 0 Å². The number of hydroxylamine groups is 2. The maximum absolute atomic E-state index is 12.1. The molecule has 0 bridgehead atoms. The van der Waals surface area contributed by atoms with Gasteiger partial charge in [-0.05, 0) is 25.0 Å². The van der Waals surface area contributed by atoms with Gasteiger partial charge in [0.15, 0.2) is 0 Å². The molecule has 2 rings (SSSR count). The highest BCUT2D eigenvalue weighted by molar-refractivity contribution is 6.11. The van der Waals surface area contributed by atoms with E-state index >= 15 is 0 Å². The summed E-state index contributed by atoms with van der Waals surface area (Å²) in [6.45, 7) is 4.63. The van der Waals surface area contributed by atoms with Crippen molar-refractivity contribution >= 4 is 35.2 Å². The molecular weight excluding hydrogens is 452 g/mol. The van der Waals surface area contributed by atoms with Crippen molar-refractivity contribution in [2.45, 2.75) is 33.1 Å². The molecule has 35 heavy (non-hydrogen) atoms. The molecule has 0 saturated carbocycles. The first-order valence-corrected chi connectivity index (χ1v) is 11.1. The van der Waals surface area contributed by atoms with Crippen molar-refractivity contribution in [3.63, 3.8) is 0 Å². The number of benzene rings is 2. The zero-order valence-corrected chi connectivity index (χ0v) is 19.7. The van der Waals surface area contributed by atoms with Gasteiger partial charge in [-0.3, -0.25) is 19.6 Å². The molecular formula is C25H28N4O6. The van der Waals surface area contributed by atoms with Crippen LogP contribution in [-0.4, -0.2) is 48.3 Å². The van der Waals surface area contributed by atoms with Gasteiger partial charge in [0, 0.05) is 13.1 Å². The van der Waals surface area contributed by atoms with Crippen LogP contribution in [0.3, 0.4) is 0 Å². The molecule has 0 fully saturated rings. The normalized spacial score (nSPS) is 11.4. The fraction of sp³-hybridized carbons (Fsp3) is 0.280. The van der Waals surface area contributed by atoms with Crippen molar-refractivity contribution < 1.29 is 28.9 Å². The van der Waals surface area contributed by atoms with Crippen molar-refractivity contribution in [2.24, 2.45) is 9.98 Å². The van der Waals surface area contributed by atoms with Gasteiger partial charge in [0.2, 0.25) is 0 Å². The van der Waals surface area contributed by atoms with E-state index in [1.807, 2.05) is 85.5 Å². The van der Waals surface area contributed by atoms with E-state index in [-0.39, 0.29) is 12.8 Å². The predicted molar refractivity (Wildman–Crippen MR) is 129 cm³/mol. The molecule has 0 aliphatic carbocycles. The van der Waals surface area contributed by atoms with Crippen LogP contribution in [0.4, 0.5) is 0 Å². The molecule has 10 heteroatoms. The van der Waals surface area contributed by atoms with Gasteiger partial charge < -0.3 is 9.68 Å². The van der Waals surface area contributed by atoms with Crippen molar-refractivity contribution in [3.8, 4) is 0 Å². The van der Waals surface area contributed by atoms with Gasteiger partial charge in [0.05, 0.1) is 24.3 Å². The number of rotatable bonds is 10. The molecule has 0 unspecified atom stereocenters. The van der Waals surface area contributed by atoms with E-state index in [1.54, 1.807) is 0 Å². The number of carbonyl (C=O) groups excluding carboxylic acids is 4. The Bertz CT molecular complexity index is 982. The number of hydrogen-bond donors (Lipinski definition) is 2. The summed E-state index contributed by atoms with van der Waals surface area (Å²) in [5.74, 6) is -3.33.